The molecule has 20 heavy (non-hydrogen) atoms. The second kappa shape index (κ2) is 5.04. The third-order valence-electron chi connectivity index (χ3n) is 4.33. The summed E-state index contributed by atoms with van der Waals surface area (Å²) < 4.78 is 28.9. The number of nitrogens with one attached hydrogen (secondary N) is 1. The van der Waals surface area contributed by atoms with E-state index >= 15 is 0 Å². The van der Waals surface area contributed by atoms with E-state index < -0.39 is 10.0 Å². The highest BCUT2D eigenvalue weighted by molar-refractivity contribution is 7.89. The summed E-state index contributed by atoms with van der Waals surface area (Å²) in [4.78, 5) is 0.102. The molecule has 0 saturated heterocycles. The van der Waals surface area contributed by atoms with Gasteiger partial charge in [-0.2, -0.15) is 5.10 Å². The first-order chi connectivity index (χ1) is 9.51. The molecule has 3 rings (SSSR count). The van der Waals surface area contributed by atoms with Crippen molar-refractivity contribution in [2.24, 2.45) is 17.8 Å². The van der Waals surface area contributed by atoms with E-state index in [0.29, 0.717) is 19.0 Å². The summed E-state index contributed by atoms with van der Waals surface area (Å²) in [7, 11) is -3.55. The van der Waals surface area contributed by atoms with Gasteiger partial charge in [-0.3, -0.25) is 4.68 Å². The van der Waals surface area contributed by atoms with Gasteiger partial charge in [-0.05, 0) is 50.4 Å². The first-order valence-electron chi connectivity index (χ1n) is 7.34. The lowest BCUT2D eigenvalue weighted by atomic mass is 9.99. The minimum absolute atomic E-state index is 0.0775. The number of aryl methyl sites for hydroxylation is 1. The Morgan fingerprint density at radius 1 is 1.40 bits per heavy atom. The molecule has 7 heteroatoms. The molecule has 0 spiro atoms. The van der Waals surface area contributed by atoms with E-state index in [-0.39, 0.29) is 10.7 Å². The van der Waals surface area contributed by atoms with E-state index in [9.17, 15) is 8.42 Å². The first-order valence-corrected chi connectivity index (χ1v) is 8.82. The van der Waals surface area contributed by atoms with Crippen molar-refractivity contribution in [3.8, 4) is 0 Å². The topological polar surface area (TPSA) is 90.0 Å². The SMILES string of the molecule is CCn1cc(S(=O)(=O)NCC(C2CC2)C2CC2)c(N)n1. The Kier molecular flexibility index (Phi) is 3.50. The fourth-order valence-corrected chi connectivity index (χ4v) is 3.98. The molecule has 1 aromatic heterocycles. The number of hydrogen-bond donors (Lipinski definition) is 2. The number of nitrogen functional groups attached to an aromatic ring is 1. The number of hydrogen-bond acceptors (Lipinski definition) is 4. The maximum atomic E-state index is 12.3. The van der Waals surface area contributed by atoms with Gasteiger partial charge in [0, 0.05) is 19.3 Å². The van der Waals surface area contributed by atoms with Gasteiger partial charge in [0.05, 0.1) is 0 Å². The van der Waals surface area contributed by atoms with Crippen LogP contribution < -0.4 is 10.5 Å². The third-order valence-corrected chi connectivity index (χ3v) is 5.77. The molecule has 0 aliphatic heterocycles. The Morgan fingerprint density at radius 3 is 2.45 bits per heavy atom. The van der Waals surface area contributed by atoms with Gasteiger partial charge in [0.15, 0.2) is 5.82 Å². The molecule has 2 aliphatic rings. The molecule has 2 aliphatic carbocycles. The van der Waals surface area contributed by atoms with Gasteiger partial charge in [0.1, 0.15) is 4.90 Å². The largest absolute Gasteiger partial charge is 0.381 e. The number of rotatable bonds is 7. The van der Waals surface area contributed by atoms with Crippen molar-refractivity contribution in [1.29, 1.82) is 0 Å². The predicted molar refractivity (Wildman–Crippen MR) is 76.4 cm³/mol. The van der Waals surface area contributed by atoms with Crippen LogP contribution >= 0.6 is 0 Å². The molecule has 3 N–H and O–H groups in total. The van der Waals surface area contributed by atoms with Gasteiger partial charge < -0.3 is 5.73 Å². The zero-order valence-corrected chi connectivity index (χ0v) is 12.6. The van der Waals surface area contributed by atoms with E-state index in [2.05, 4.69) is 9.82 Å². The highest BCUT2D eigenvalue weighted by Gasteiger charge is 2.41. The number of anilines is 1. The van der Waals surface area contributed by atoms with E-state index in [1.807, 2.05) is 6.92 Å². The van der Waals surface area contributed by atoms with Crippen molar-refractivity contribution in [2.75, 3.05) is 12.3 Å². The van der Waals surface area contributed by atoms with Gasteiger partial charge >= 0.3 is 0 Å². The van der Waals surface area contributed by atoms with Crippen LogP contribution in [0.4, 0.5) is 5.82 Å². The van der Waals surface area contributed by atoms with Crippen LogP contribution in [0.1, 0.15) is 32.6 Å². The molecular weight excluding hydrogens is 276 g/mol. The average molecular weight is 298 g/mol. The average Bonchev–Trinajstić information content (AvgIpc) is 3.29. The minimum Gasteiger partial charge on any atom is -0.381 e. The maximum Gasteiger partial charge on any atom is 0.245 e. The Labute approximate surface area is 119 Å². The monoisotopic (exact) mass is 298 g/mol. The van der Waals surface area contributed by atoms with E-state index in [0.717, 1.165) is 11.8 Å². The molecule has 0 radical (unpaired) electrons. The normalized spacial score (nSPS) is 19.7. The molecule has 0 atom stereocenters. The minimum atomic E-state index is -3.55. The fourth-order valence-electron chi connectivity index (χ4n) is 2.84. The first kappa shape index (κ1) is 13.9. The number of nitrogens with zero attached hydrogens (tertiary/aromatic N) is 2. The summed E-state index contributed by atoms with van der Waals surface area (Å²) in [6.45, 7) is 3.04. The van der Waals surface area contributed by atoms with Crippen LogP contribution in [0.2, 0.25) is 0 Å². The summed E-state index contributed by atoms with van der Waals surface area (Å²) in [5.74, 6) is 2.03. The van der Waals surface area contributed by atoms with E-state index in [1.165, 1.54) is 31.9 Å². The summed E-state index contributed by atoms with van der Waals surface area (Å²) in [6, 6.07) is 0. The standard InChI is InChI=1S/C13H22N4O2S/c1-2-17-8-12(13(14)16-17)20(18,19)15-7-11(9-3-4-9)10-5-6-10/h8-11,15H,2-7H2,1H3,(H2,14,16). The van der Waals surface area contributed by atoms with Gasteiger partial charge in [0.25, 0.3) is 0 Å². The summed E-state index contributed by atoms with van der Waals surface area (Å²) >= 11 is 0. The second-order valence-electron chi connectivity index (χ2n) is 5.92. The third kappa shape index (κ3) is 2.83. The quantitative estimate of drug-likeness (QED) is 0.791. The molecule has 0 bridgehead atoms. The molecule has 112 valence electrons. The van der Waals surface area contributed by atoms with Gasteiger partial charge in [-0.1, -0.05) is 0 Å². The van der Waals surface area contributed by atoms with Gasteiger partial charge in [-0.15, -0.1) is 0 Å². The van der Waals surface area contributed by atoms with Crippen molar-refractivity contribution < 1.29 is 8.42 Å². The molecule has 2 saturated carbocycles. The van der Waals surface area contributed by atoms with Gasteiger partial charge in [0.2, 0.25) is 10.0 Å². The predicted octanol–water partition coefficient (Wildman–Crippen LogP) is 1.20. The lowest BCUT2D eigenvalue weighted by Crippen LogP contribution is -2.31. The number of sulfonamides is 1. The highest BCUT2D eigenvalue weighted by atomic mass is 32.2. The molecular formula is C13H22N4O2S. The lowest BCUT2D eigenvalue weighted by molar-refractivity contribution is 0.401. The molecule has 0 aromatic carbocycles. The summed E-state index contributed by atoms with van der Waals surface area (Å²) in [5.41, 5.74) is 5.70. The zero-order chi connectivity index (χ0) is 14.3. The van der Waals surface area contributed by atoms with Crippen molar-refractivity contribution >= 4 is 15.8 Å². The zero-order valence-electron chi connectivity index (χ0n) is 11.7. The summed E-state index contributed by atoms with van der Waals surface area (Å²) in [5, 5.41) is 3.99. The van der Waals surface area contributed by atoms with Crippen LogP contribution in [0.3, 0.4) is 0 Å². The molecule has 6 nitrogen and oxygen atoms in total. The van der Waals surface area contributed by atoms with E-state index in [1.54, 1.807) is 4.68 Å². The molecule has 1 aromatic rings. The van der Waals surface area contributed by atoms with Crippen LogP contribution in [0.15, 0.2) is 11.1 Å². The van der Waals surface area contributed by atoms with Crippen LogP contribution in [0.25, 0.3) is 0 Å². The Hall–Kier alpha value is -1.08. The van der Waals surface area contributed by atoms with Crippen molar-refractivity contribution in [3.63, 3.8) is 0 Å². The smallest absolute Gasteiger partial charge is 0.245 e. The Bertz CT molecular complexity index is 576. The van der Waals surface area contributed by atoms with Crippen LogP contribution in [0.5, 0.6) is 0 Å². The maximum absolute atomic E-state index is 12.3. The highest BCUT2D eigenvalue weighted by Crippen LogP contribution is 2.48. The van der Waals surface area contributed by atoms with Crippen LogP contribution in [-0.4, -0.2) is 24.7 Å². The summed E-state index contributed by atoms with van der Waals surface area (Å²) in [6.07, 6.45) is 6.50. The molecule has 0 amide bonds. The Morgan fingerprint density at radius 2 is 2.00 bits per heavy atom. The molecule has 1 heterocycles. The number of nitrogens with two attached hydrogens (primary N) is 1. The van der Waals surface area contributed by atoms with E-state index in [4.69, 9.17) is 5.73 Å². The van der Waals surface area contributed by atoms with Crippen molar-refractivity contribution in [1.82, 2.24) is 14.5 Å². The van der Waals surface area contributed by atoms with Crippen LogP contribution in [-0.2, 0) is 16.6 Å². The van der Waals surface area contributed by atoms with Crippen LogP contribution in [0, 0.1) is 17.8 Å². The van der Waals surface area contributed by atoms with Crippen molar-refractivity contribution in [3.05, 3.63) is 6.20 Å². The lowest BCUT2D eigenvalue weighted by Gasteiger charge is -2.15. The Balaban J connectivity index is 1.69. The number of aromatic nitrogens is 2. The van der Waals surface area contributed by atoms with Crippen molar-refractivity contribution in [2.45, 2.75) is 44.0 Å². The fraction of sp³-hybridized carbons (Fsp3) is 0.769. The van der Waals surface area contributed by atoms with Gasteiger partial charge in [-0.25, -0.2) is 13.1 Å². The molecule has 0 unspecified atom stereocenters. The second-order valence-corrected chi connectivity index (χ2v) is 7.66. The molecule has 2 fully saturated rings.